The third kappa shape index (κ3) is 7.09. The molecule has 1 atom stereocenters. The number of sulfonamides is 1. The lowest BCUT2D eigenvalue weighted by atomic mass is 9.65. The number of rotatable bonds is 18. The first-order valence-corrected chi connectivity index (χ1v) is 16.7. The zero-order valence-electron chi connectivity index (χ0n) is 23.0. The molecule has 1 aromatic carbocycles. The summed E-state index contributed by atoms with van der Waals surface area (Å²) in [7, 11) is -3.73. The maximum Gasteiger partial charge on any atom is 0.243 e. The lowest BCUT2D eigenvalue weighted by molar-refractivity contribution is -0.282. The highest BCUT2D eigenvalue weighted by Gasteiger charge is 2.60. The molecule has 1 saturated heterocycles. The maximum atomic E-state index is 13.6. The third-order valence-corrected chi connectivity index (χ3v) is 10.5. The van der Waals surface area contributed by atoms with Crippen LogP contribution in [-0.2, 0) is 14.8 Å². The van der Waals surface area contributed by atoms with Crippen molar-refractivity contribution in [2.75, 3.05) is 6.61 Å². The Kier molecular flexibility index (Phi) is 11.2. The molecule has 1 aromatic heterocycles. The molecule has 3 rings (SSSR count). The van der Waals surface area contributed by atoms with E-state index in [0.29, 0.717) is 17.9 Å². The van der Waals surface area contributed by atoms with Gasteiger partial charge >= 0.3 is 0 Å². The number of benzene rings is 1. The quantitative estimate of drug-likeness (QED) is 0.194. The molecule has 204 valence electrons. The van der Waals surface area contributed by atoms with Crippen LogP contribution in [-0.4, -0.2) is 25.7 Å². The molecule has 0 radical (unpaired) electrons. The van der Waals surface area contributed by atoms with Gasteiger partial charge in [0, 0.05) is 5.41 Å². The summed E-state index contributed by atoms with van der Waals surface area (Å²) in [5.41, 5.74) is -0.103. The second kappa shape index (κ2) is 13.7. The topological polar surface area (TPSA) is 68.3 Å². The number of hydrogen-bond donors (Lipinski definition) is 1. The number of nitrogens with zero attached hydrogens (tertiary/aromatic N) is 1. The molecule has 1 unspecified atom stereocenters. The molecule has 0 amide bonds. The summed E-state index contributed by atoms with van der Waals surface area (Å²) < 4.78 is 37.5. The zero-order chi connectivity index (χ0) is 26.1. The Morgan fingerprint density at radius 1 is 0.917 bits per heavy atom. The van der Waals surface area contributed by atoms with E-state index in [1.807, 2.05) is 13.0 Å². The number of fused-ring (bicyclic) bond motifs is 1. The minimum absolute atomic E-state index is 0.129. The predicted octanol–water partition coefficient (Wildman–Crippen LogP) is 8.51. The first-order chi connectivity index (χ1) is 17.3. The fraction of sp³-hybridized carbons (Fsp3) is 0.759. The van der Waals surface area contributed by atoms with Crippen molar-refractivity contribution in [2.24, 2.45) is 5.41 Å². The van der Waals surface area contributed by atoms with Gasteiger partial charge in [0.05, 0.1) is 26.7 Å². The maximum absolute atomic E-state index is 13.6. The Morgan fingerprint density at radius 2 is 1.50 bits per heavy atom. The van der Waals surface area contributed by atoms with Gasteiger partial charge in [0.2, 0.25) is 10.0 Å². The average Bonchev–Trinajstić information content (AvgIpc) is 3.24. The fourth-order valence-corrected chi connectivity index (χ4v) is 8.19. The van der Waals surface area contributed by atoms with Crippen molar-refractivity contribution >= 4 is 31.6 Å². The normalized spacial score (nSPS) is 19.6. The number of hydrogen-bond acceptors (Lipinski definition) is 5. The molecule has 2 heterocycles. The van der Waals surface area contributed by atoms with Crippen LogP contribution in [0.15, 0.2) is 23.1 Å². The van der Waals surface area contributed by atoms with Crippen LogP contribution in [0.3, 0.4) is 0 Å². The van der Waals surface area contributed by atoms with Crippen molar-refractivity contribution in [3.05, 3.63) is 23.2 Å². The Hall–Kier alpha value is -1.02. The second-order valence-corrected chi connectivity index (χ2v) is 13.7. The molecule has 0 spiro atoms. The highest BCUT2D eigenvalue weighted by atomic mass is 32.2. The number of aryl methyl sites for hydroxylation is 1. The summed E-state index contributed by atoms with van der Waals surface area (Å²) in [4.78, 5) is 4.78. The Bertz CT molecular complexity index is 1030. The molecule has 1 fully saturated rings. The van der Waals surface area contributed by atoms with Gasteiger partial charge in [-0.25, -0.2) is 13.4 Å². The molecular formula is C29H48N2O3S2. The molecule has 1 aliphatic heterocycles. The minimum Gasteiger partial charge on any atom is -0.358 e. The van der Waals surface area contributed by atoms with Crippen molar-refractivity contribution in [3.63, 3.8) is 0 Å². The van der Waals surface area contributed by atoms with Crippen LogP contribution in [0.2, 0.25) is 0 Å². The van der Waals surface area contributed by atoms with Gasteiger partial charge < -0.3 is 4.74 Å². The van der Waals surface area contributed by atoms with Crippen LogP contribution in [0.1, 0.15) is 122 Å². The Morgan fingerprint density at radius 3 is 2.03 bits per heavy atom. The van der Waals surface area contributed by atoms with E-state index < -0.39 is 15.7 Å². The van der Waals surface area contributed by atoms with Gasteiger partial charge in [0.15, 0.2) is 0 Å². The Balaban J connectivity index is 1.75. The van der Waals surface area contributed by atoms with Gasteiger partial charge in [0.1, 0.15) is 5.72 Å². The predicted molar refractivity (Wildman–Crippen MR) is 152 cm³/mol. The lowest BCUT2D eigenvalue weighted by Crippen LogP contribution is -2.71. The lowest BCUT2D eigenvalue weighted by Gasteiger charge is -2.59. The van der Waals surface area contributed by atoms with E-state index in [4.69, 9.17) is 4.74 Å². The van der Waals surface area contributed by atoms with Gasteiger partial charge in [0.25, 0.3) is 0 Å². The minimum atomic E-state index is -3.73. The van der Waals surface area contributed by atoms with Crippen LogP contribution in [0, 0.1) is 12.3 Å². The van der Waals surface area contributed by atoms with E-state index in [1.165, 1.54) is 75.5 Å². The van der Waals surface area contributed by atoms with Crippen molar-refractivity contribution in [2.45, 2.75) is 135 Å². The molecule has 0 aliphatic carbocycles. The van der Waals surface area contributed by atoms with Crippen LogP contribution < -0.4 is 4.72 Å². The van der Waals surface area contributed by atoms with Gasteiger partial charge in [-0.05, 0) is 44.4 Å². The fourth-order valence-electron chi connectivity index (χ4n) is 5.76. The van der Waals surface area contributed by atoms with Crippen LogP contribution in [0.25, 0.3) is 10.2 Å². The second-order valence-electron chi connectivity index (χ2n) is 10.8. The molecule has 0 saturated carbocycles. The SMILES string of the molecule is CCCCCCCCC1(CCCCCCCC)COC1(CC)NS(=O)(=O)c1ccc2nc(C)sc2c1. The third-order valence-electron chi connectivity index (χ3n) is 8.04. The van der Waals surface area contributed by atoms with Crippen LogP contribution >= 0.6 is 11.3 Å². The first-order valence-electron chi connectivity index (χ1n) is 14.4. The van der Waals surface area contributed by atoms with Crippen molar-refractivity contribution in [3.8, 4) is 0 Å². The molecular weight excluding hydrogens is 488 g/mol. The number of nitrogens with one attached hydrogen (secondary N) is 1. The van der Waals surface area contributed by atoms with Gasteiger partial charge in [-0.2, -0.15) is 4.72 Å². The van der Waals surface area contributed by atoms with E-state index >= 15 is 0 Å². The Labute approximate surface area is 223 Å². The zero-order valence-corrected chi connectivity index (χ0v) is 24.7. The van der Waals surface area contributed by atoms with E-state index in [1.54, 1.807) is 12.1 Å². The van der Waals surface area contributed by atoms with Crippen LogP contribution in [0.5, 0.6) is 0 Å². The molecule has 0 bridgehead atoms. The van der Waals surface area contributed by atoms with Crippen molar-refractivity contribution < 1.29 is 13.2 Å². The molecule has 36 heavy (non-hydrogen) atoms. The first kappa shape index (κ1) is 29.5. The number of thiazole rings is 1. The number of unbranched alkanes of at least 4 members (excludes halogenated alkanes) is 10. The molecule has 2 aromatic rings. The van der Waals surface area contributed by atoms with Crippen molar-refractivity contribution in [1.29, 1.82) is 0 Å². The van der Waals surface area contributed by atoms with Gasteiger partial charge in [-0.1, -0.05) is 97.8 Å². The highest BCUT2D eigenvalue weighted by molar-refractivity contribution is 7.89. The summed E-state index contributed by atoms with van der Waals surface area (Å²) in [5.74, 6) is 0. The number of aromatic nitrogens is 1. The number of ether oxygens (including phenoxy) is 1. The van der Waals surface area contributed by atoms with Crippen LogP contribution in [0.4, 0.5) is 0 Å². The molecule has 5 nitrogen and oxygen atoms in total. The molecule has 1 aliphatic rings. The molecule has 1 N–H and O–H groups in total. The molecule has 7 heteroatoms. The average molecular weight is 537 g/mol. The standard InChI is InChI=1S/C29H48N2O3S2/c1-5-8-10-12-14-16-20-28(21-17-15-13-11-9-6-2)23-34-29(28,7-3)31-36(32,33)25-18-19-26-27(22-25)35-24(4)30-26/h18-19,22,31H,5-17,20-21,23H2,1-4H3. The summed E-state index contributed by atoms with van der Waals surface area (Å²) in [6.45, 7) is 9.16. The van der Waals surface area contributed by atoms with E-state index in [0.717, 1.165) is 40.9 Å². The van der Waals surface area contributed by atoms with E-state index in [2.05, 4.69) is 30.5 Å². The monoisotopic (exact) mass is 536 g/mol. The van der Waals surface area contributed by atoms with Gasteiger partial charge in [-0.15, -0.1) is 11.3 Å². The smallest absolute Gasteiger partial charge is 0.243 e. The largest absolute Gasteiger partial charge is 0.358 e. The summed E-state index contributed by atoms with van der Waals surface area (Å²) in [5, 5.41) is 0.941. The van der Waals surface area contributed by atoms with Crippen molar-refractivity contribution in [1.82, 2.24) is 9.71 Å². The highest BCUT2D eigenvalue weighted by Crippen LogP contribution is 2.53. The van der Waals surface area contributed by atoms with E-state index in [-0.39, 0.29) is 5.41 Å². The summed E-state index contributed by atoms with van der Waals surface area (Å²) in [6, 6.07) is 5.25. The van der Waals surface area contributed by atoms with Gasteiger partial charge in [-0.3, -0.25) is 0 Å². The summed E-state index contributed by atoms with van der Waals surface area (Å²) >= 11 is 1.53. The summed E-state index contributed by atoms with van der Waals surface area (Å²) in [6.07, 6.45) is 17.6. The van der Waals surface area contributed by atoms with E-state index in [9.17, 15) is 8.42 Å².